The van der Waals surface area contributed by atoms with E-state index in [4.69, 9.17) is 4.74 Å². The SMILES string of the molecule is CC1=CC2C=CC1C2OC(C)(C)C. The van der Waals surface area contributed by atoms with Crippen LogP contribution >= 0.6 is 0 Å². The van der Waals surface area contributed by atoms with Gasteiger partial charge in [-0.15, -0.1) is 0 Å². The van der Waals surface area contributed by atoms with Gasteiger partial charge in [-0.25, -0.2) is 0 Å². The molecule has 2 aliphatic rings. The van der Waals surface area contributed by atoms with Crippen LogP contribution in [0.5, 0.6) is 0 Å². The molecule has 2 bridgehead atoms. The van der Waals surface area contributed by atoms with Gasteiger partial charge in [0.2, 0.25) is 0 Å². The summed E-state index contributed by atoms with van der Waals surface area (Å²) in [6.07, 6.45) is 7.27. The Kier molecular flexibility index (Phi) is 1.88. The Morgan fingerprint density at radius 3 is 2.31 bits per heavy atom. The van der Waals surface area contributed by atoms with Crippen molar-refractivity contribution in [3.05, 3.63) is 23.8 Å². The molecule has 2 rings (SSSR count). The first-order chi connectivity index (χ1) is 5.97. The van der Waals surface area contributed by atoms with Crippen molar-refractivity contribution in [3.63, 3.8) is 0 Å². The standard InChI is InChI=1S/C12H18O/c1-8-7-9-5-6-10(8)11(9)13-12(2,3)4/h5-7,9-11H,1-4H3. The van der Waals surface area contributed by atoms with Crippen LogP contribution < -0.4 is 0 Å². The number of hydrogen-bond acceptors (Lipinski definition) is 1. The zero-order chi connectivity index (χ0) is 9.64. The first kappa shape index (κ1) is 9.01. The van der Waals surface area contributed by atoms with E-state index in [0.29, 0.717) is 17.9 Å². The molecule has 0 N–H and O–H groups in total. The lowest BCUT2D eigenvalue weighted by Crippen LogP contribution is -2.31. The van der Waals surface area contributed by atoms with Crippen molar-refractivity contribution in [1.29, 1.82) is 0 Å². The minimum Gasteiger partial charge on any atom is -0.371 e. The molecule has 0 heterocycles. The van der Waals surface area contributed by atoms with Gasteiger partial charge in [0.05, 0.1) is 11.7 Å². The fraction of sp³-hybridized carbons (Fsp3) is 0.667. The Labute approximate surface area is 80.5 Å². The van der Waals surface area contributed by atoms with Crippen LogP contribution in [0.1, 0.15) is 27.7 Å². The second kappa shape index (κ2) is 2.71. The Morgan fingerprint density at radius 1 is 1.23 bits per heavy atom. The summed E-state index contributed by atoms with van der Waals surface area (Å²) in [7, 11) is 0. The van der Waals surface area contributed by atoms with Gasteiger partial charge in [0.25, 0.3) is 0 Å². The van der Waals surface area contributed by atoms with Crippen LogP contribution in [0.2, 0.25) is 0 Å². The van der Waals surface area contributed by atoms with Crippen LogP contribution in [0, 0.1) is 11.8 Å². The van der Waals surface area contributed by atoms with Gasteiger partial charge in [-0.2, -0.15) is 0 Å². The van der Waals surface area contributed by atoms with Gasteiger partial charge < -0.3 is 4.74 Å². The van der Waals surface area contributed by atoms with Crippen LogP contribution in [0.15, 0.2) is 23.8 Å². The molecule has 72 valence electrons. The Morgan fingerprint density at radius 2 is 1.92 bits per heavy atom. The molecular formula is C12H18O. The quantitative estimate of drug-likeness (QED) is 0.561. The van der Waals surface area contributed by atoms with Crippen molar-refractivity contribution in [3.8, 4) is 0 Å². The maximum Gasteiger partial charge on any atom is 0.0778 e. The second-order valence-corrected chi connectivity index (χ2v) is 5.09. The van der Waals surface area contributed by atoms with Gasteiger partial charge in [-0.1, -0.05) is 23.8 Å². The molecule has 0 radical (unpaired) electrons. The van der Waals surface area contributed by atoms with E-state index >= 15 is 0 Å². The molecule has 0 amide bonds. The van der Waals surface area contributed by atoms with Gasteiger partial charge in [-0.05, 0) is 27.7 Å². The normalized spacial score (nSPS) is 36.9. The van der Waals surface area contributed by atoms with Crippen LogP contribution in [0.25, 0.3) is 0 Å². The topological polar surface area (TPSA) is 9.23 Å². The van der Waals surface area contributed by atoms with E-state index in [2.05, 4.69) is 45.9 Å². The molecule has 0 fully saturated rings. The van der Waals surface area contributed by atoms with E-state index < -0.39 is 0 Å². The average Bonchev–Trinajstić information content (AvgIpc) is 2.42. The molecule has 0 spiro atoms. The number of ether oxygens (including phenoxy) is 1. The van der Waals surface area contributed by atoms with Crippen molar-refractivity contribution in [2.75, 3.05) is 0 Å². The molecule has 13 heavy (non-hydrogen) atoms. The van der Waals surface area contributed by atoms with Crippen LogP contribution in [-0.4, -0.2) is 11.7 Å². The first-order valence-corrected chi connectivity index (χ1v) is 5.02. The number of fused-ring (bicyclic) bond motifs is 2. The molecule has 1 nitrogen and oxygen atoms in total. The van der Waals surface area contributed by atoms with E-state index in [1.807, 2.05) is 0 Å². The summed E-state index contributed by atoms with van der Waals surface area (Å²) < 4.78 is 6.04. The van der Waals surface area contributed by atoms with E-state index in [1.165, 1.54) is 5.57 Å². The zero-order valence-corrected chi connectivity index (χ0v) is 8.87. The molecule has 0 saturated carbocycles. The molecule has 0 aromatic rings. The summed E-state index contributed by atoms with van der Waals surface area (Å²) in [4.78, 5) is 0. The minimum atomic E-state index is -0.0222. The van der Waals surface area contributed by atoms with Crippen molar-refractivity contribution in [1.82, 2.24) is 0 Å². The van der Waals surface area contributed by atoms with Crippen LogP contribution in [-0.2, 0) is 4.74 Å². The smallest absolute Gasteiger partial charge is 0.0778 e. The molecule has 2 aliphatic carbocycles. The highest BCUT2D eigenvalue weighted by Gasteiger charge is 2.39. The Hall–Kier alpha value is -0.560. The summed E-state index contributed by atoms with van der Waals surface area (Å²) in [5.41, 5.74) is 1.45. The number of hydrogen-bond donors (Lipinski definition) is 0. The molecule has 0 aromatic carbocycles. The Bertz CT molecular complexity index is 267. The highest BCUT2D eigenvalue weighted by Crippen LogP contribution is 2.41. The summed E-state index contributed by atoms with van der Waals surface area (Å²) in [6.45, 7) is 8.58. The second-order valence-electron chi connectivity index (χ2n) is 5.09. The van der Waals surface area contributed by atoms with Crippen molar-refractivity contribution in [2.45, 2.75) is 39.4 Å². The summed E-state index contributed by atoms with van der Waals surface area (Å²) >= 11 is 0. The molecule has 0 aliphatic heterocycles. The highest BCUT2D eigenvalue weighted by molar-refractivity contribution is 5.32. The summed E-state index contributed by atoms with van der Waals surface area (Å²) in [6, 6.07) is 0. The summed E-state index contributed by atoms with van der Waals surface area (Å²) in [5, 5.41) is 0. The van der Waals surface area contributed by atoms with Gasteiger partial charge in [0, 0.05) is 11.8 Å². The van der Waals surface area contributed by atoms with Crippen molar-refractivity contribution in [2.24, 2.45) is 11.8 Å². The van der Waals surface area contributed by atoms with Crippen molar-refractivity contribution < 1.29 is 4.74 Å². The lowest BCUT2D eigenvalue weighted by atomic mass is 10.0. The predicted molar refractivity (Wildman–Crippen MR) is 54.5 cm³/mol. The van der Waals surface area contributed by atoms with Crippen LogP contribution in [0.3, 0.4) is 0 Å². The third-order valence-corrected chi connectivity index (χ3v) is 2.74. The molecule has 1 heteroatoms. The van der Waals surface area contributed by atoms with E-state index in [1.54, 1.807) is 0 Å². The minimum absolute atomic E-state index is 0.0222. The molecule has 0 saturated heterocycles. The lowest BCUT2D eigenvalue weighted by Gasteiger charge is -2.28. The maximum absolute atomic E-state index is 6.04. The van der Waals surface area contributed by atoms with Gasteiger partial charge in [0.1, 0.15) is 0 Å². The third kappa shape index (κ3) is 1.58. The summed E-state index contributed by atoms with van der Waals surface area (Å²) in [5.74, 6) is 1.08. The molecule has 0 aromatic heterocycles. The van der Waals surface area contributed by atoms with Crippen molar-refractivity contribution >= 4 is 0 Å². The lowest BCUT2D eigenvalue weighted by molar-refractivity contribution is -0.0727. The predicted octanol–water partition coefficient (Wildman–Crippen LogP) is 2.93. The largest absolute Gasteiger partial charge is 0.371 e. The fourth-order valence-corrected chi connectivity index (χ4v) is 2.24. The fourth-order valence-electron chi connectivity index (χ4n) is 2.24. The average molecular weight is 178 g/mol. The maximum atomic E-state index is 6.04. The monoisotopic (exact) mass is 178 g/mol. The Balaban J connectivity index is 2.07. The molecule has 3 atom stereocenters. The van der Waals surface area contributed by atoms with Crippen LogP contribution in [0.4, 0.5) is 0 Å². The van der Waals surface area contributed by atoms with E-state index in [0.717, 1.165) is 0 Å². The first-order valence-electron chi connectivity index (χ1n) is 5.02. The van der Waals surface area contributed by atoms with Gasteiger partial charge in [-0.3, -0.25) is 0 Å². The highest BCUT2D eigenvalue weighted by atomic mass is 16.5. The van der Waals surface area contributed by atoms with E-state index in [9.17, 15) is 0 Å². The number of rotatable bonds is 1. The molecular weight excluding hydrogens is 160 g/mol. The van der Waals surface area contributed by atoms with Gasteiger partial charge in [0.15, 0.2) is 0 Å². The zero-order valence-electron chi connectivity index (χ0n) is 8.87. The van der Waals surface area contributed by atoms with E-state index in [-0.39, 0.29) is 5.60 Å². The third-order valence-electron chi connectivity index (χ3n) is 2.74. The molecule has 3 unspecified atom stereocenters. The van der Waals surface area contributed by atoms with Gasteiger partial charge >= 0.3 is 0 Å².